The largest absolute Gasteiger partial charge is 0.385 e. The highest BCUT2D eigenvalue weighted by molar-refractivity contribution is 6.45. The van der Waals surface area contributed by atoms with Crippen LogP contribution in [0.25, 0.3) is 0 Å². The Morgan fingerprint density at radius 2 is 1.82 bits per heavy atom. The highest BCUT2D eigenvalue weighted by Crippen LogP contribution is 2.16. The molecule has 1 unspecified atom stereocenters. The molecule has 4 N–H and O–H groups in total. The van der Waals surface area contributed by atoms with Gasteiger partial charge in [-0.1, -0.05) is 32.0 Å². The molecular weight excluding hydrogens is 354 g/mol. The molecule has 0 bridgehead atoms. The smallest absolute Gasteiger partial charge is 0.270 e. The van der Waals surface area contributed by atoms with E-state index in [1.54, 1.807) is 20.2 Å². The summed E-state index contributed by atoms with van der Waals surface area (Å²) in [6, 6.07) is 7.97. The highest BCUT2D eigenvalue weighted by atomic mass is 16.2. The van der Waals surface area contributed by atoms with Crippen molar-refractivity contribution in [3.8, 4) is 0 Å². The van der Waals surface area contributed by atoms with E-state index in [0.29, 0.717) is 11.6 Å². The van der Waals surface area contributed by atoms with Crippen LogP contribution in [0.15, 0.2) is 24.3 Å². The van der Waals surface area contributed by atoms with E-state index in [1.165, 1.54) is 11.8 Å². The predicted molar refractivity (Wildman–Crippen MR) is 117 cm³/mol. The summed E-state index contributed by atoms with van der Waals surface area (Å²) in [4.78, 5) is 23.8. The van der Waals surface area contributed by atoms with Crippen LogP contribution < -0.4 is 16.0 Å². The normalized spacial score (nSPS) is 17.2. The molecule has 0 saturated carbocycles. The Hall–Kier alpha value is -2.41. The number of para-hydroxylation sites is 1. The van der Waals surface area contributed by atoms with Crippen molar-refractivity contribution in [1.29, 1.82) is 5.41 Å². The first-order valence-electron chi connectivity index (χ1n) is 9.90. The van der Waals surface area contributed by atoms with Gasteiger partial charge < -0.3 is 20.9 Å². The van der Waals surface area contributed by atoms with Gasteiger partial charge in [0.05, 0.1) is 0 Å². The standard InChI is InChI=1S/C15H22N4O.C4H9NO.C2H6/c1-3-17-13-7-5-4-6-12(13)14(16)15(20)19-11-8-10(2)18-9-11;1-4(6)5(2)3;1-2/h4-7,10-11,16-18H,3,8-9H2,1-2H3,(H,19,20);1-3H3;1-2H3/t10-,11?;;/m1../s1. The van der Waals surface area contributed by atoms with Crippen LogP contribution in [-0.4, -0.2) is 61.7 Å². The summed E-state index contributed by atoms with van der Waals surface area (Å²) >= 11 is 0. The van der Waals surface area contributed by atoms with E-state index in [-0.39, 0.29) is 23.6 Å². The second kappa shape index (κ2) is 13.7. The van der Waals surface area contributed by atoms with E-state index in [9.17, 15) is 9.59 Å². The van der Waals surface area contributed by atoms with E-state index in [2.05, 4.69) is 22.9 Å². The molecule has 0 aromatic heterocycles. The third kappa shape index (κ3) is 8.99. The van der Waals surface area contributed by atoms with Crippen LogP contribution in [0.4, 0.5) is 5.69 Å². The lowest BCUT2D eigenvalue weighted by Crippen LogP contribution is -2.40. The first-order chi connectivity index (χ1) is 13.3. The molecular formula is C21H37N5O2. The van der Waals surface area contributed by atoms with Crippen molar-refractivity contribution in [2.75, 3.05) is 32.5 Å². The minimum Gasteiger partial charge on any atom is -0.385 e. The topological polar surface area (TPSA) is 97.3 Å². The molecule has 1 aromatic rings. The molecule has 158 valence electrons. The third-order valence-electron chi connectivity index (χ3n) is 4.11. The molecule has 0 aliphatic carbocycles. The van der Waals surface area contributed by atoms with Crippen LogP contribution in [0, 0.1) is 5.41 Å². The van der Waals surface area contributed by atoms with Gasteiger partial charge in [-0.3, -0.25) is 15.0 Å². The zero-order valence-corrected chi connectivity index (χ0v) is 18.3. The van der Waals surface area contributed by atoms with Crippen molar-refractivity contribution < 1.29 is 9.59 Å². The molecule has 7 nitrogen and oxygen atoms in total. The van der Waals surface area contributed by atoms with E-state index in [4.69, 9.17) is 5.41 Å². The number of carbonyl (C=O) groups excluding carboxylic acids is 2. The lowest BCUT2D eigenvalue weighted by Gasteiger charge is -2.14. The Kier molecular flexibility index (Phi) is 12.5. The van der Waals surface area contributed by atoms with Gasteiger partial charge in [0, 0.05) is 57.4 Å². The number of hydrogen-bond donors (Lipinski definition) is 4. The lowest BCUT2D eigenvalue weighted by molar-refractivity contribution is -0.126. The van der Waals surface area contributed by atoms with Gasteiger partial charge in [-0.15, -0.1) is 0 Å². The van der Waals surface area contributed by atoms with Gasteiger partial charge in [0.15, 0.2) is 0 Å². The molecule has 1 aliphatic heterocycles. The molecule has 2 amide bonds. The Morgan fingerprint density at radius 1 is 1.25 bits per heavy atom. The molecule has 0 radical (unpaired) electrons. The summed E-state index contributed by atoms with van der Waals surface area (Å²) in [5.41, 5.74) is 1.49. The van der Waals surface area contributed by atoms with Crippen LogP contribution in [0.1, 0.15) is 46.6 Å². The van der Waals surface area contributed by atoms with Gasteiger partial charge in [-0.05, 0) is 26.3 Å². The summed E-state index contributed by atoms with van der Waals surface area (Å²) in [5, 5.41) is 17.5. The number of amides is 2. The second-order valence-corrected chi connectivity index (χ2v) is 6.58. The number of nitrogens with zero attached hydrogens (tertiary/aromatic N) is 1. The summed E-state index contributed by atoms with van der Waals surface area (Å²) < 4.78 is 0. The minimum absolute atomic E-state index is 0.0149. The van der Waals surface area contributed by atoms with E-state index in [1.807, 2.05) is 39.0 Å². The Morgan fingerprint density at radius 3 is 2.29 bits per heavy atom. The second-order valence-electron chi connectivity index (χ2n) is 6.58. The maximum Gasteiger partial charge on any atom is 0.270 e. The van der Waals surface area contributed by atoms with Crippen LogP contribution in [0.2, 0.25) is 0 Å². The fourth-order valence-corrected chi connectivity index (χ4v) is 2.47. The van der Waals surface area contributed by atoms with Crippen molar-refractivity contribution in [2.24, 2.45) is 0 Å². The monoisotopic (exact) mass is 391 g/mol. The zero-order valence-electron chi connectivity index (χ0n) is 18.3. The SMILES string of the molecule is CC.CC(=O)N(C)C.CCNc1ccccc1C(=N)C(=O)NC1CN[C@H](C)C1. The lowest BCUT2D eigenvalue weighted by atomic mass is 10.1. The van der Waals surface area contributed by atoms with Crippen molar-refractivity contribution >= 4 is 23.2 Å². The molecule has 2 atom stereocenters. The first kappa shape index (κ1) is 25.6. The van der Waals surface area contributed by atoms with Gasteiger partial charge in [-0.25, -0.2) is 0 Å². The van der Waals surface area contributed by atoms with Crippen molar-refractivity contribution in [1.82, 2.24) is 15.5 Å². The number of carbonyl (C=O) groups is 2. The number of rotatable bonds is 5. The molecule has 1 aromatic carbocycles. The average molecular weight is 392 g/mol. The summed E-state index contributed by atoms with van der Waals surface area (Å²) in [6.07, 6.45) is 0.911. The summed E-state index contributed by atoms with van der Waals surface area (Å²) in [7, 11) is 3.45. The third-order valence-corrected chi connectivity index (χ3v) is 4.11. The number of benzene rings is 1. The molecule has 0 spiro atoms. The van der Waals surface area contributed by atoms with Gasteiger partial charge in [0.2, 0.25) is 5.91 Å². The molecule has 2 rings (SSSR count). The van der Waals surface area contributed by atoms with Gasteiger partial charge in [-0.2, -0.15) is 0 Å². The summed E-state index contributed by atoms with van der Waals surface area (Å²) in [6.45, 7) is 11.1. The van der Waals surface area contributed by atoms with Gasteiger partial charge >= 0.3 is 0 Å². The van der Waals surface area contributed by atoms with Crippen LogP contribution in [0.3, 0.4) is 0 Å². The summed E-state index contributed by atoms with van der Waals surface area (Å²) in [5.74, 6) is -0.216. The fraction of sp³-hybridized carbons (Fsp3) is 0.571. The maximum atomic E-state index is 12.2. The Bertz CT molecular complexity index is 631. The van der Waals surface area contributed by atoms with Crippen LogP contribution in [-0.2, 0) is 9.59 Å². The number of nitrogens with one attached hydrogen (secondary N) is 4. The van der Waals surface area contributed by atoms with Crippen LogP contribution in [0.5, 0.6) is 0 Å². The van der Waals surface area contributed by atoms with Crippen molar-refractivity contribution in [3.63, 3.8) is 0 Å². The van der Waals surface area contributed by atoms with Crippen LogP contribution >= 0.6 is 0 Å². The van der Waals surface area contributed by atoms with E-state index >= 15 is 0 Å². The minimum atomic E-state index is -0.309. The fourth-order valence-electron chi connectivity index (χ4n) is 2.47. The van der Waals surface area contributed by atoms with Crippen molar-refractivity contribution in [2.45, 2.75) is 53.1 Å². The first-order valence-corrected chi connectivity index (χ1v) is 9.90. The average Bonchev–Trinajstić information content (AvgIpc) is 3.08. The molecule has 7 heteroatoms. The number of hydrogen-bond acceptors (Lipinski definition) is 5. The van der Waals surface area contributed by atoms with E-state index < -0.39 is 0 Å². The number of anilines is 1. The molecule has 1 aliphatic rings. The maximum absolute atomic E-state index is 12.2. The van der Waals surface area contributed by atoms with Gasteiger partial charge in [0.25, 0.3) is 5.91 Å². The quantitative estimate of drug-likeness (QED) is 0.580. The molecule has 1 heterocycles. The van der Waals surface area contributed by atoms with Crippen molar-refractivity contribution in [3.05, 3.63) is 29.8 Å². The van der Waals surface area contributed by atoms with E-state index in [0.717, 1.165) is 25.2 Å². The Labute approximate surface area is 169 Å². The van der Waals surface area contributed by atoms with Gasteiger partial charge in [0.1, 0.15) is 5.71 Å². The predicted octanol–water partition coefficient (Wildman–Crippen LogP) is 2.47. The Balaban J connectivity index is 0.000000780. The highest BCUT2D eigenvalue weighted by Gasteiger charge is 2.24. The molecule has 28 heavy (non-hydrogen) atoms. The zero-order chi connectivity index (χ0) is 21.7. The molecule has 1 saturated heterocycles. The molecule has 1 fully saturated rings.